The Kier molecular flexibility index (Phi) is 4.19. The molecule has 2 bridgehead atoms. The van der Waals surface area contributed by atoms with Crippen LogP contribution < -0.4 is 4.74 Å². The number of hydrogen-bond donors (Lipinski definition) is 0. The first-order chi connectivity index (χ1) is 11.0. The second-order valence-electron chi connectivity index (χ2n) is 6.66. The fraction of sp³-hybridized carbons (Fsp3) is 0.526. The summed E-state index contributed by atoms with van der Waals surface area (Å²) < 4.78 is 10.6. The van der Waals surface area contributed by atoms with E-state index in [1.54, 1.807) is 13.2 Å². The summed E-state index contributed by atoms with van der Waals surface area (Å²) in [6.07, 6.45) is 3.65. The second-order valence-corrected chi connectivity index (χ2v) is 6.66. The molecule has 3 rings (SSSR count). The number of piperidine rings is 1. The van der Waals surface area contributed by atoms with Gasteiger partial charge in [-0.1, -0.05) is 13.0 Å². The molecule has 1 saturated heterocycles. The molecule has 0 aromatic heterocycles. The topological polar surface area (TPSA) is 38.8 Å². The number of ether oxygens (including phenoxy) is 2. The number of rotatable bonds is 3. The van der Waals surface area contributed by atoms with Gasteiger partial charge in [0.05, 0.1) is 13.7 Å². The van der Waals surface area contributed by atoms with Crippen LogP contribution in [0.3, 0.4) is 0 Å². The van der Waals surface area contributed by atoms with Gasteiger partial charge in [0.1, 0.15) is 5.75 Å². The van der Waals surface area contributed by atoms with Crippen molar-refractivity contribution >= 4 is 5.97 Å². The molecule has 0 radical (unpaired) electrons. The third-order valence-electron chi connectivity index (χ3n) is 5.38. The molecule has 4 nitrogen and oxygen atoms in total. The lowest BCUT2D eigenvalue weighted by Crippen LogP contribution is -2.52. The number of nitrogens with zero attached hydrogens (tertiary/aromatic N) is 1. The molecule has 0 spiro atoms. The molecule has 23 heavy (non-hydrogen) atoms. The van der Waals surface area contributed by atoms with E-state index in [1.165, 1.54) is 16.7 Å². The number of carbonyl (C=O) groups is 1. The van der Waals surface area contributed by atoms with E-state index in [4.69, 9.17) is 9.47 Å². The highest BCUT2D eigenvalue weighted by Crippen LogP contribution is 2.48. The van der Waals surface area contributed by atoms with E-state index in [9.17, 15) is 4.79 Å². The average molecular weight is 315 g/mol. The number of esters is 1. The summed E-state index contributed by atoms with van der Waals surface area (Å²) in [7, 11) is 3.83. The maximum absolute atomic E-state index is 12.1. The van der Waals surface area contributed by atoms with Crippen LogP contribution in [0.2, 0.25) is 0 Å². The Morgan fingerprint density at radius 1 is 1.48 bits per heavy atom. The molecule has 2 atom stereocenters. The van der Waals surface area contributed by atoms with Gasteiger partial charge in [0.25, 0.3) is 0 Å². The minimum Gasteiger partial charge on any atom is -0.497 e. The normalized spacial score (nSPS) is 28.3. The fourth-order valence-electron chi connectivity index (χ4n) is 4.01. The Morgan fingerprint density at radius 2 is 2.26 bits per heavy atom. The first-order valence-electron chi connectivity index (χ1n) is 8.26. The molecular formula is C19H25NO3. The van der Waals surface area contributed by atoms with Gasteiger partial charge < -0.3 is 9.47 Å². The van der Waals surface area contributed by atoms with Crippen molar-refractivity contribution in [3.05, 3.63) is 41.0 Å². The van der Waals surface area contributed by atoms with Gasteiger partial charge in [-0.2, -0.15) is 0 Å². The number of fused-ring (bicyclic) bond motifs is 4. The van der Waals surface area contributed by atoms with Gasteiger partial charge in [-0.15, -0.1) is 0 Å². The number of carbonyl (C=O) groups excluding carboxylic acids is 1. The molecule has 0 N–H and O–H groups in total. The highest BCUT2D eigenvalue weighted by Gasteiger charge is 2.46. The highest BCUT2D eigenvalue weighted by molar-refractivity contribution is 5.84. The third kappa shape index (κ3) is 2.65. The number of likely N-dealkylation sites (tertiary alicyclic amines) is 1. The Balaban J connectivity index is 2.11. The molecule has 1 aromatic rings. The highest BCUT2D eigenvalue weighted by atomic mass is 16.5. The van der Waals surface area contributed by atoms with E-state index < -0.39 is 0 Å². The van der Waals surface area contributed by atoms with Crippen molar-refractivity contribution in [1.29, 1.82) is 0 Å². The van der Waals surface area contributed by atoms with Crippen molar-refractivity contribution in [3.63, 3.8) is 0 Å². The van der Waals surface area contributed by atoms with Gasteiger partial charge in [-0.3, -0.25) is 4.90 Å². The van der Waals surface area contributed by atoms with Gasteiger partial charge >= 0.3 is 5.97 Å². The predicted octanol–water partition coefficient (Wildman–Crippen LogP) is 2.70. The van der Waals surface area contributed by atoms with Gasteiger partial charge in [-0.05, 0) is 62.2 Å². The number of benzene rings is 1. The van der Waals surface area contributed by atoms with E-state index in [1.807, 2.05) is 13.0 Å². The van der Waals surface area contributed by atoms with Crippen LogP contribution in [0.5, 0.6) is 5.75 Å². The molecule has 1 aliphatic heterocycles. The Bertz CT molecular complexity index is 652. The van der Waals surface area contributed by atoms with Crippen molar-refractivity contribution in [2.24, 2.45) is 0 Å². The van der Waals surface area contributed by atoms with Gasteiger partial charge in [0.15, 0.2) is 0 Å². The summed E-state index contributed by atoms with van der Waals surface area (Å²) >= 11 is 0. The number of likely N-dealkylation sites (N-methyl/N-ethyl adjacent to an activating group) is 1. The van der Waals surface area contributed by atoms with Crippen LogP contribution in [0.15, 0.2) is 29.8 Å². The zero-order valence-corrected chi connectivity index (χ0v) is 14.4. The first-order valence-corrected chi connectivity index (χ1v) is 8.26. The summed E-state index contributed by atoms with van der Waals surface area (Å²) in [6.45, 7) is 5.52. The van der Waals surface area contributed by atoms with E-state index in [-0.39, 0.29) is 17.4 Å². The number of hydrogen-bond acceptors (Lipinski definition) is 4. The van der Waals surface area contributed by atoms with Crippen LogP contribution in [0.1, 0.15) is 31.4 Å². The zero-order chi connectivity index (χ0) is 16.6. The summed E-state index contributed by atoms with van der Waals surface area (Å²) in [5.41, 5.74) is 3.68. The van der Waals surface area contributed by atoms with Crippen LogP contribution in [-0.4, -0.2) is 44.2 Å². The number of methoxy groups -OCH3 is 1. The van der Waals surface area contributed by atoms with Crippen LogP contribution in [0, 0.1) is 0 Å². The molecule has 1 aromatic carbocycles. The minimum absolute atomic E-state index is 0.133. The average Bonchev–Trinajstić information content (AvgIpc) is 2.54. The summed E-state index contributed by atoms with van der Waals surface area (Å²) in [5.74, 6) is 0.637. The molecule has 2 unspecified atom stereocenters. The Morgan fingerprint density at radius 3 is 2.96 bits per heavy atom. The summed E-state index contributed by atoms with van der Waals surface area (Å²) in [6, 6.07) is 6.59. The fourth-order valence-corrected chi connectivity index (χ4v) is 4.01. The van der Waals surface area contributed by atoms with Gasteiger partial charge in [0, 0.05) is 17.5 Å². The van der Waals surface area contributed by atoms with Crippen molar-refractivity contribution in [3.8, 4) is 5.75 Å². The van der Waals surface area contributed by atoms with Crippen molar-refractivity contribution in [1.82, 2.24) is 4.90 Å². The first kappa shape index (κ1) is 16.1. The minimum atomic E-state index is -0.236. The molecule has 1 heterocycles. The zero-order valence-electron chi connectivity index (χ0n) is 14.4. The molecule has 0 saturated carbocycles. The lowest BCUT2D eigenvalue weighted by molar-refractivity contribution is -0.137. The molecule has 1 fully saturated rings. The quantitative estimate of drug-likeness (QED) is 0.635. The summed E-state index contributed by atoms with van der Waals surface area (Å²) in [4.78, 5) is 14.4. The van der Waals surface area contributed by atoms with Crippen LogP contribution >= 0.6 is 0 Å². The standard InChI is InChI=1S/C19H25NO3/c1-5-23-18(21)12-16-17-10-13-6-7-14(22-4)11-15(13)19(16,2)8-9-20(17)3/h6-7,11-12,17H,5,8-10H2,1-4H3/b16-12-. The molecule has 2 aliphatic rings. The Hall–Kier alpha value is -1.81. The SMILES string of the molecule is CCOC(=O)/C=C1/C2Cc3ccc(OC)cc3C1(C)CCN2C. The summed E-state index contributed by atoms with van der Waals surface area (Å²) in [5, 5.41) is 0. The lowest BCUT2D eigenvalue weighted by Gasteiger charge is -2.51. The van der Waals surface area contributed by atoms with E-state index in [0.29, 0.717) is 6.61 Å². The van der Waals surface area contributed by atoms with E-state index in [0.717, 1.165) is 25.1 Å². The Labute approximate surface area is 138 Å². The molecule has 124 valence electrons. The van der Waals surface area contributed by atoms with Gasteiger partial charge in [-0.25, -0.2) is 4.79 Å². The van der Waals surface area contributed by atoms with Crippen LogP contribution in [0.4, 0.5) is 0 Å². The van der Waals surface area contributed by atoms with Crippen molar-refractivity contribution in [2.75, 3.05) is 27.3 Å². The smallest absolute Gasteiger partial charge is 0.330 e. The maximum Gasteiger partial charge on any atom is 0.330 e. The second kappa shape index (κ2) is 6.00. The third-order valence-corrected chi connectivity index (χ3v) is 5.38. The maximum atomic E-state index is 12.1. The van der Waals surface area contributed by atoms with Crippen LogP contribution in [0.25, 0.3) is 0 Å². The molecule has 4 heteroatoms. The van der Waals surface area contributed by atoms with Crippen molar-refractivity contribution in [2.45, 2.75) is 38.1 Å². The predicted molar refractivity (Wildman–Crippen MR) is 89.8 cm³/mol. The van der Waals surface area contributed by atoms with Crippen LogP contribution in [-0.2, 0) is 21.4 Å². The molecule has 0 amide bonds. The lowest BCUT2D eigenvalue weighted by atomic mass is 9.61. The van der Waals surface area contributed by atoms with Gasteiger partial charge in [0.2, 0.25) is 0 Å². The monoisotopic (exact) mass is 315 g/mol. The molecule has 1 aliphatic carbocycles. The van der Waals surface area contributed by atoms with Crippen molar-refractivity contribution < 1.29 is 14.3 Å². The van der Waals surface area contributed by atoms with E-state index >= 15 is 0 Å². The molecular weight excluding hydrogens is 290 g/mol. The van der Waals surface area contributed by atoms with E-state index in [2.05, 4.69) is 31.0 Å². The largest absolute Gasteiger partial charge is 0.497 e.